The number of nitrogens with zero attached hydrogens (tertiary/aromatic N) is 1. The van der Waals surface area contributed by atoms with Gasteiger partial charge in [-0.1, -0.05) is 0 Å². The van der Waals surface area contributed by atoms with E-state index < -0.39 is 11.0 Å². The van der Waals surface area contributed by atoms with E-state index in [0.29, 0.717) is 0 Å². The van der Waals surface area contributed by atoms with Crippen molar-refractivity contribution < 1.29 is 9.90 Å². The van der Waals surface area contributed by atoms with Crippen molar-refractivity contribution in [3.05, 3.63) is 24.3 Å². The Hall–Kier alpha value is -1.55. The summed E-state index contributed by atoms with van der Waals surface area (Å²) in [5.41, 5.74) is 5.50. The Morgan fingerprint density at radius 2 is 1.61 bits per heavy atom. The fourth-order valence-corrected chi connectivity index (χ4v) is 1.49. The van der Waals surface area contributed by atoms with Crippen molar-refractivity contribution in [3.8, 4) is 5.75 Å². The summed E-state index contributed by atoms with van der Waals surface area (Å²) in [6.45, 7) is 7.36. The average molecular weight is 250 g/mol. The van der Waals surface area contributed by atoms with Crippen molar-refractivity contribution >= 4 is 11.6 Å². The van der Waals surface area contributed by atoms with Crippen molar-refractivity contribution in [1.82, 2.24) is 0 Å². The van der Waals surface area contributed by atoms with Crippen molar-refractivity contribution in [1.29, 1.82) is 0 Å². The van der Waals surface area contributed by atoms with Gasteiger partial charge in [0.05, 0.1) is 5.41 Å². The summed E-state index contributed by atoms with van der Waals surface area (Å²) in [7, 11) is 1.71. The number of hydrogen-bond acceptors (Lipinski definition) is 3. The molecule has 1 aromatic carbocycles. The number of anilines is 1. The van der Waals surface area contributed by atoms with Crippen LogP contribution in [0.4, 0.5) is 5.69 Å². The summed E-state index contributed by atoms with van der Waals surface area (Å²) in [4.78, 5) is 14.0. The van der Waals surface area contributed by atoms with Gasteiger partial charge >= 0.3 is 0 Å². The molecule has 0 radical (unpaired) electrons. The van der Waals surface area contributed by atoms with Crippen LogP contribution in [0.3, 0.4) is 0 Å². The van der Waals surface area contributed by atoms with E-state index in [1.54, 1.807) is 36.2 Å². The first-order valence-electron chi connectivity index (χ1n) is 5.93. The number of benzene rings is 1. The molecule has 0 saturated carbocycles. The number of nitrogens with two attached hydrogens (primary N) is 1. The van der Waals surface area contributed by atoms with Gasteiger partial charge in [-0.3, -0.25) is 4.79 Å². The largest absolute Gasteiger partial charge is 0.508 e. The molecule has 4 nitrogen and oxygen atoms in total. The van der Waals surface area contributed by atoms with Gasteiger partial charge in [-0.05, 0) is 52.0 Å². The minimum Gasteiger partial charge on any atom is -0.508 e. The van der Waals surface area contributed by atoms with Gasteiger partial charge in [0, 0.05) is 18.3 Å². The molecule has 1 rings (SSSR count). The van der Waals surface area contributed by atoms with Crippen LogP contribution < -0.4 is 10.6 Å². The minimum atomic E-state index is -0.681. The second-order valence-electron chi connectivity index (χ2n) is 5.73. The van der Waals surface area contributed by atoms with Gasteiger partial charge < -0.3 is 15.7 Å². The molecule has 0 aliphatic carbocycles. The molecule has 0 unspecified atom stereocenters. The Morgan fingerprint density at radius 3 is 2.00 bits per heavy atom. The zero-order valence-electron chi connectivity index (χ0n) is 11.7. The number of amides is 1. The molecule has 0 spiro atoms. The third-order valence-corrected chi connectivity index (χ3v) is 3.69. The SMILES string of the molecule is CN(C(=O)C(C)(C)C(C)(C)N)c1ccc(O)cc1. The van der Waals surface area contributed by atoms with Gasteiger partial charge in [0.1, 0.15) is 5.75 Å². The van der Waals surface area contributed by atoms with Crippen LogP contribution in [0, 0.1) is 5.41 Å². The monoisotopic (exact) mass is 250 g/mol. The minimum absolute atomic E-state index is 0.0549. The Kier molecular flexibility index (Phi) is 3.72. The lowest BCUT2D eigenvalue weighted by Crippen LogP contribution is -2.56. The Morgan fingerprint density at radius 1 is 1.17 bits per heavy atom. The summed E-state index contributed by atoms with van der Waals surface area (Å²) >= 11 is 0. The highest BCUT2D eigenvalue weighted by atomic mass is 16.3. The maximum absolute atomic E-state index is 12.5. The topological polar surface area (TPSA) is 66.6 Å². The first-order chi connectivity index (χ1) is 8.07. The predicted octanol–water partition coefficient (Wildman–Crippen LogP) is 2.12. The van der Waals surface area contributed by atoms with Crippen LogP contribution in [0.2, 0.25) is 0 Å². The molecule has 4 heteroatoms. The highest BCUT2D eigenvalue weighted by Crippen LogP contribution is 2.32. The maximum atomic E-state index is 12.5. The number of aromatic hydroxyl groups is 1. The normalized spacial score (nSPS) is 12.3. The van der Waals surface area contributed by atoms with Crippen molar-refractivity contribution in [3.63, 3.8) is 0 Å². The molecule has 100 valence electrons. The van der Waals surface area contributed by atoms with Crippen LogP contribution in [-0.4, -0.2) is 23.6 Å². The Bertz CT molecular complexity index is 430. The van der Waals surface area contributed by atoms with Crippen molar-refractivity contribution in [2.75, 3.05) is 11.9 Å². The van der Waals surface area contributed by atoms with Crippen LogP contribution >= 0.6 is 0 Å². The zero-order valence-corrected chi connectivity index (χ0v) is 11.7. The zero-order chi connectivity index (χ0) is 14.1. The van der Waals surface area contributed by atoms with Gasteiger partial charge in [0.25, 0.3) is 0 Å². The standard InChI is InChI=1S/C14H22N2O2/c1-13(2,14(3,4)15)12(18)16(5)10-6-8-11(17)9-7-10/h6-9,17H,15H2,1-5H3. The molecule has 1 aromatic rings. The van der Waals surface area contributed by atoms with Crippen molar-refractivity contribution in [2.45, 2.75) is 33.2 Å². The van der Waals surface area contributed by atoms with Crippen LogP contribution in [-0.2, 0) is 4.79 Å². The van der Waals surface area contributed by atoms with Crippen LogP contribution in [0.15, 0.2) is 24.3 Å². The molecule has 0 aliphatic rings. The second-order valence-corrected chi connectivity index (χ2v) is 5.73. The fraction of sp³-hybridized carbons (Fsp3) is 0.500. The van der Waals surface area contributed by atoms with E-state index in [4.69, 9.17) is 5.73 Å². The highest BCUT2D eigenvalue weighted by molar-refractivity contribution is 5.97. The van der Waals surface area contributed by atoms with E-state index in [9.17, 15) is 9.90 Å². The molecule has 0 atom stereocenters. The molecule has 0 fully saturated rings. The first-order valence-corrected chi connectivity index (χ1v) is 5.93. The molecule has 3 N–H and O–H groups in total. The first kappa shape index (κ1) is 14.5. The lowest BCUT2D eigenvalue weighted by molar-refractivity contribution is -0.129. The van der Waals surface area contributed by atoms with E-state index in [1.807, 2.05) is 27.7 Å². The summed E-state index contributed by atoms with van der Waals surface area (Å²) in [5.74, 6) is 0.124. The van der Waals surface area contributed by atoms with Gasteiger partial charge in [-0.2, -0.15) is 0 Å². The van der Waals surface area contributed by atoms with Gasteiger partial charge in [0.2, 0.25) is 5.91 Å². The van der Waals surface area contributed by atoms with E-state index in [0.717, 1.165) is 5.69 Å². The molecular weight excluding hydrogens is 228 g/mol. The molecule has 0 heterocycles. The van der Waals surface area contributed by atoms with Crippen LogP contribution in [0.5, 0.6) is 5.75 Å². The van der Waals surface area contributed by atoms with Gasteiger partial charge in [-0.15, -0.1) is 0 Å². The van der Waals surface area contributed by atoms with E-state index in [1.165, 1.54) is 0 Å². The van der Waals surface area contributed by atoms with Gasteiger partial charge in [0.15, 0.2) is 0 Å². The van der Waals surface area contributed by atoms with Crippen LogP contribution in [0.25, 0.3) is 0 Å². The summed E-state index contributed by atoms with van der Waals surface area (Å²) in [6.07, 6.45) is 0. The smallest absolute Gasteiger partial charge is 0.234 e. The number of phenols is 1. The Labute approximate surface area is 108 Å². The quantitative estimate of drug-likeness (QED) is 0.863. The van der Waals surface area contributed by atoms with E-state index in [2.05, 4.69) is 0 Å². The molecule has 0 saturated heterocycles. The average Bonchev–Trinajstić information content (AvgIpc) is 2.26. The summed E-state index contributed by atoms with van der Waals surface area (Å²) in [6, 6.07) is 6.51. The van der Waals surface area contributed by atoms with E-state index >= 15 is 0 Å². The molecule has 18 heavy (non-hydrogen) atoms. The molecular formula is C14H22N2O2. The van der Waals surface area contributed by atoms with Gasteiger partial charge in [-0.25, -0.2) is 0 Å². The Balaban J connectivity index is 3.01. The number of carbonyl (C=O) groups excluding carboxylic acids is 1. The number of hydrogen-bond donors (Lipinski definition) is 2. The van der Waals surface area contributed by atoms with Crippen LogP contribution in [0.1, 0.15) is 27.7 Å². The summed E-state index contributed by atoms with van der Waals surface area (Å²) < 4.78 is 0. The van der Waals surface area contributed by atoms with E-state index in [-0.39, 0.29) is 11.7 Å². The predicted molar refractivity (Wildman–Crippen MR) is 73.6 cm³/mol. The summed E-state index contributed by atoms with van der Waals surface area (Å²) in [5, 5.41) is 9.24. The lowest BCUT2D eigenvalue weighted by Gasteiger charge is -2.39. The molecule has 0 bridgehead atoms. The third-order valence-electron chi connectivity index (χ3n) is 3.69. The third kappa shape index (κ3) is 2.64. The molecule has 0 aliphatic heterocycles. The number of phenolic OH excluding ortho intramolecular Hbond substituents is 1. The maximum Gasteiger partial charge on any atom is 0.234 e. The lowest BCUT2D eigenvalue weighted by atomic mass is 9.74. The fourth-order valence-electron chi connectivity index (χ4n) is 1.49. The number of carbonyl (C=O) groups is 1. The number of rotatable bonds is 3. The van der Waals surface area contributed by atoms with Crippen molar-refractivity contribution in [2.24, 2.45) is 11.1 Å². The highest BCUT2D eigenvalue weighted by Gasteiger charge is 2.42. The molecule has 0 aromatic heterocycles. The molecule has 1 amide bonds. The second kappa shape index (κ2) is 4.61.